The Labute approximate surface area is 126 Å². The number of pyridine rings is 1. The number of allylic oxidation sites excluding steroid dienone is 1. The minimum Gasteiger partial charge on any atom is -0.316 e. The van der Waals surface area contributed by atoms with E-state index in [9.17, 15) is 0 Å². The van der Waals surface area contributed by atoms with Crippen LogP contribution in [0.1, 0.15) is 18.4 Å². The van der Waals surface area contributed by atoms with Crippen molar-refractivity contribution >= 4 is 17.0 Å². The van der Waals surface area contributed by atoms with Crippen LogP contribution >= 0.6 is 0 Å². The molecule has 2 aromatic rings. The predicted octanol–water partition coefficient (Wildman–Crippen LogP) is 4.05. The van der Waals surface area contributed by atoms with Gasteiger partial charge in [0.15, 0.2) is 0 Å². The number of benzene rings is 1. The van der Waals surface area contributed by atoms with Crippen molar-refractivity contribution in [3.63, 3.8) is 0 Å². The lowest BCUT2D eigenvalue weighted by Crippen LogP contribution is -2.35. The molecule has 0 amide bonds. The number of rotatable bonds is 4. The number of piperidine rings is 1. The highest BCUT2D eigenvalue weighted by atomic mass is 14.9. The van der Waals surface area contributed by atoms with Gasteiger partial charge in [0.25, 0.3) is 0 Å². The van der Waals surface area contributed by atoms with Crippen molar-refractivity contribution in [2.45, 2.75) is 12.8 Å². The van der Waals surface area contributed by atoms with E-state index in [2.05, 4.69) is 59.4 Å². The number of fused-ring (bicyclic) bond motifs is 1. The number of nitrogens with zero attached hydrogens (tertiary/aromatic N) is 1. The van der Waals surface area contributed by atoms with Gasteiger partial charge >= 0.3 is 0 Å². The summed E-state index contributed by atoms with van der Waals surface area (Å²) in [6, 6.07) is 10.4. The van der Waals surface area contributed by atoms with E-state index in [1.165, 1.54) is 17.4 Å². The largest absolute Gasteiger partial charge is 0.316 e. The third kappa shape index (κ3) is 3.22. The Morgan fingerprint density at radius 3 is 3.10 bits per heavy atom. The van der Waals surface area contributed by atoms with Gasteiger partial charge in [0, 0.05) is 18.1 Å². The lowest BCUT2D eigenvalue weighted by atomic mass is 9.84. The van der Waals surface area contributed by atoms with E-state index in [4.69, 9.17) is 0 Å². The first kappa shape index (κ1) is 14.0. The molecule has 2 heteroatoms. The van der Waals surface area contributed by atoms with Crippen LogP contribution in [0.25, 0.3) is 17.0 Å². The zero-order valence-corrected chi connectivity index (χ0v) is 12.3. The summed E-state index contributed by atoms with van der Waals surface area (Å²) in [4.78, 5) is 4.41. The summed E-state index contributed by atoms with van der Waals surface area (Å²) in [6.07, 6.45) is 10.9. The van der Waals surface area contributed by atoms with E-state index in [0.29, 0.717) is 11.8 Å². The van der Waals surface area contributed by atoms with Crippen molar-refractivity contribution in [3.8, 4) is 0 Å². The maximum absolute atomic E-state index is 4.41. The van der Waals surface area contributed by atoms with Gasteiger partial charge < -0.3 is 5.32 Å². The molecule has 0 bridgehead atoms. The summed E-state index contributed by atoms with van der Waals surface area (Å²) in [5, 5.41) is 4.67. The highest BCUT2D eigenvalue weighted by Crippen LogP contribution is 2.25. The Balaban J connectivity index is 1.74. The molecule has 0 aliphatic carbocycles. The third-order valence-electron chi connectivity index (χ3n) is 4.40. The number of hydrogen-bond acceptors (Lipinski definition) is 2. The number of hydrogen-bond donors (Lipinski definition) is 1. The summed E-state index contributed by atoms with van der Waals surface area (Å²) < 4.78 is 0. The van der Waals surface area contributed by atoms with E-state index < -0.39 is 0 Å². The fourth-order valence-electron chi connectivity index (χ4n) is 3.14. The lowest BCUT2D eigenvalue weighted by molar-refractivity contribution is 0.304. The van der Waals surface area contributed by atoms with Crippen LogP contribution < -0.4 is 5.32 Å². The average molecular weight is 278 g/mol. The molecule has 2 unspecified atom stereocenters. The molecule has 1 N–H and O–H groups in total. The fraction of sp³-hybridized carbons (Fsp3) is 0.316. The van der Waals surface area contributed by atoms with Gasteiger partial charge in [0.2, 0.25) is 0 Å². The molecule has 3 rings (SSSR count). The number of para-hydroxylation sites is 1. The van der Waals surface area contributed by atoms with Crippen molar-refractivity contribution in [3.05, 3.63) is 60.8 Å². The summed E-state index contributed by atoms with van der Waals surface area (Å²) >= 11 is 0. The Bertz CT molecular complexity index is 640. The van der Waals surface area contributed by atoms with Crippen molar-refractivity contribution < 1.29 is 0 Å². The molecule has 1 saturated heterocycles. The summed E-state index contributed by atoms with van der Waals surface area (Å²) in [7, 11) is 0. The van der Waals surface area contributed by atoms with Crippen molar-refractivity contribution in [1.29, 1.82) is 0 Å². The lowest BCUT2D eigenvalue weighted by Gasteiger charge is -2.29. The van der Waals surface area contributed by atoms with Crippen LogP contribution in [-0.2, 0) is 0 Å². The summed E-state index contributed by atoms with van der Waals surface area (Å²) in [5.74, 6) is 1.31. The zero-order chi connectivity index (χ0) is 14.5. The highest BCUT2D eigenvalue weighted by molar-refractivity contribution is 5.87. The molecule has 1 aromatic carbocycles. The standard InChI is InChI=1S/C19H22N2/c1-2-15-14-20-12-10-16(15)6-5-7-17-11-13-21-19-9-4-3-8-18(17)19/h2-5,7-9,11,13,15-16,20H,1,6,10,12,14H2/b7-5-. The molecule has 1 aliphatic heterocycles. The van der Waals surface area contributed by atoms with E-state index >= 15 is 0 Å². The quantitative estimate of drug-likeness (QED) is 0.853. The monoisotopic (exact) mass is 278 g/mol. The Hall–Kier alpha value is -1.93. The van der Waals surface area contributed by atoms with E-state index in [1.54, 1.807) is 0 Å². The molecule has 1 fully saturated rings. The molecule has 2 nitrogen and oxygen atoms in total. The van der Waals surface area contributed by atoms with E-state index in [0.717, 1.165) is 25.0 Å². The third-order valence-corrected chi connectivity index (χ3v) is 4.40. The molecule has 1 aromatic heterocycles. The SMILES string of the molecule is C=CC1CNCCC1C/C=C\c1ccnc2ccccc12. The highest BCUT2D eigenvalue weighted by Gasteiger charge is 2.20. The normalized spacial score (nSPS) is 22.7. The van der Waals surface area contributed by atoms with Crippen LogP contribution in [0.3, 0.4) is 0 Å². The Morgan fingerprint density at radius 1 is 1.29 bits per heavy atom. The second-order valence-corrected chi connectivity index (χ2v) is 5.71. The van der Waals surface area contributed by atoms with Gasteiger partial charge in [-0.3, -0.25) is 4.98 Å². The van der Waals surface area contributed by atoms with Crippen LogP contribution in [0.5, 0.6) is 0 Å². The minimum atomic E-state index is 0.595. The van der Waals surface area contributed by atoms with Crippen LogP contribution in [0.2, 0.25) is 0 Å². The molecule has 1 aliphatic rings. The van der Waals surface area contributed by atoms with Gasteiger partial charge in [-0.15, -0.1) is 6.58 Å². The van der Waals surface area contributed by atoms with Crippen LogP contribution in [0, 0.1) is 11.8 Å². The van der Waals surface area contributed by atoms with Gasteiger partial charge in [-0.2, -0.15) is 0 Å². The first-order chi connectivity index (χ1) is 10.4. The minimum absolute atomic E-state index is 0.595. The first-order valence-electron chi connectivity index (χ1n) is 7.72. The topological polar surface area (TPSA) is 24.9 Å². The van der Waals surface area contributed by atoms with Gasteiger partial charge in [-0.1, -0.05) is 36.4 Å². The van der Waals surface area contributed by atoms with Crippen LogP contribution in [-0.4, -0.2) is 18.1 Å². The van der Waals surface area contributed by atoms with Crippen LogP contribution in [0.15, 0.2) is 55.3 Å². The smallest absolute Gasteiger partial charge is 0.0707 e. The number of aromatic nitrogens is 1. The maximum atomic E-state index is 4.41. The van der Waals surface area contributed by atoms with Gasteiger partial charge in [-0.05, 0) is 48.9 Å². The molecule has 0 spiro atoms. The van der Waals surface area contributed by atoms with Crippen molar-refractivity contribution in [1.82, 2.24) is 10.3 Å². The molecular weight excluding hydrogens is 256 g/mol. The zero-order valence-electron chi connectivity index (χ0n) is 12.3. The molecular formula is C19H22N2. The first-order valence-corrected chi connectivity index (χ1v) is 7.72. The van der Waals surface area contributed by atoms with Crippen LogP contribution in [0.4, 0.5) is 0 Å². The Morgan fingerprint density at radius 2 is 2.19 bits per heavy atom. The molecule has 2 atom stereocenters. The molecule has 2 heterocycles. The summed E-state index contributed by atoms with van der Waals surface area (Å²) in [6.45, 7) is 6.17. The second kappa shape index (κ2) is 6.68. The van der Waals surface area contributed by atoms with Crippen molar-refractivity contribution in [2.24, 2.45) is 11.8 Å². The van der Waals surface area contributed by atoms with E-state index in [-0.39, 0.29) is 0 Å². The van der Waals surface area contributed by atoms with Gasteiger partial charge in [0.1, 0.15) is 0 Å². The summed E-state index contributed by atoms with van der Waals surface area (Å²) in [5.41, 5.74) is 2.31. The number of nitrogens with one attached hydrogen (secondary N) is 1. The molecule has 0 saturated carbocycles. The van der Waals surface area contributed by atoms with Gasteiger partial charge in [-0.25, -0.2) is 0 Å². The fourth-order valence-corrected chi connectivity index (χ4v) is 3.14. The van der Waals surface area contributed by atoms with Gasteiger partial charge in [0.05, 0.1) is 5.52 Å². The van der Waals surface area contributed by atoms with E-state index in [1.807, 2.05) is 12.3 Å². The Kier molecular flexibility index (Phi) is 4.46. The molecule has 21 heavy (non-hydrogen) atoms. The molecule has 0 radical (unpaired) electrons. The average Bonchev–Trinajstić information content (AvgIpc) is 2.55. The van der Waals surface area contributed by atoms with Crippen molar-refractivity contribution in [2.75, 3.05) is 13.1 Å². The second-order valence-electron chi connectivity index (χ2n) is 5.71. The predicted molar refractivity (Wildman–Crippen MR) is 90.1 cm³/mol. The molecule has 108 valence electrons. The maximum Gasteiger partial charge on any atom is 0.0707 e.